The van der Waals surface area contributed by atoms with Crippen molar-refractivity contribution >= 4 is 11.8 Å². The van der Waals surface area contributed by atoms with Crippen molar-refractivity contribution in [1.82, 2.24) is 10.6 Å². The summed E-state index contributed by atoms with van der Waals surface area (Å²) in [5.41, 5.74) is 5.65. The Morgan fingerprint density at radius 1 is 1.25 bits per heavy atom. The predicted octanol–water partition coefficient (Wildman–Crippen LogP) is 0.265. The van der Waals surface area contributed by atoms with E-state index in [1.165, 1.54) is 0 Å². The van der Waals surface area contributed by atoms with Gasteiger partial charge in [0.1, 0.15) is 0 Å². The molecule has 0 saturated heterocycles. The molecular weight excluding hydrogens is 258 g/mol. The van der Waals surface area contributed by atoms with E-state index in [2.05, 4.69) is 24.5 Å². The SMILES string of the molecule is COCCC(C)(C)CNC(=O)CNC(=O)[C@@H](N)C(C)C. The number of nitrogens with one attached hydrogen (secondary N) is 2. The van der Waals surface area contributed by atoms with Crippen LogP contribution in [0.3, 0.4) is 0 Å². The van der Waals surface area contributed by atoms with Crippen LogP contribution in [0.4, 0.5) is 0 Å². The molecule has 1 atom stereocenters. The third kappa shape index (κ3) is 8.12. The third-order valence-corrected chi connectivity index (χ3v) is 3.19. The molecule has 4 N–H and O–H groups in total. The monoisotopic (exact) mass is 287 g/mol. The van der Waals surface area contributed by atoms with E-state index in [-0.39, 0.29) is 29.7 Å². The zero-order valence-electron chi connectivity index (χ0n) is 13.3. The molecule has 0 saturated carbocycles. The molecule has 0 aliphatic rings. The molecule has 0 aliphatic carbocycles. The molecule has 0 aromatic carbocycles. The van der Waals surface area contributed by atoms with Crippen molar-refractivity contribution in [2.24, 2.45) is 17.1 Å². The second kappa shape index (κ2) is 8.92. The maximum absolute atomic E-state index is 11.7. The fraction of sp³-hybridized carbons (Fsp3) is 0.857. The fourth-order valence-corrected chi connectivity index (χ4v) is 1.46. The number of carbonyl (C=O) groups is 2. The molecule has 20 heavy (non-hydrogen) atoms. The highest BCUT2D eigenvalue weighted by atomic mass is 16.5. The molecule has 118 valence electrons. The van der Waals surface area contributed by atoms with E-state index in [0.29, 0.717) is 13.2 Å². The maximum Gasteiger partial charge on any atom is 0.239 e. The number of ether oxygens (including phenoxy) is 1. The van der Waals surface area contributed by atoms with Gasteiger partial charge in [-0.2, -0.15) is 0 Å². The Kier molecular flexibility index (Phi) is 8.41. The lowest BCUT2D eigenvalue weighted by atomic mass is 9.90. The summed E-state index contributed by atoms with van der Waals surface area (Å²) in [6.07, 6.45) is 0.856. The van der Waals surface area contributed by atoms with Gasteiger partial charge in [0.25, 0.3) is 0 Å². The highest BCUT2D eigenvalue weighted by Crippen LogP contribution is 2.18. The Morgan fingerprint density at radius 2 is 1.85 bits per heavy atom. The first-order valence-electron chi connectivity index (χ1n) is 6.98. The van der Waals surface area contributed by atoms with Crippen molar-refractivity contribution in [2.45, 2.75) is 40.2 Å². The van der Waals surface area contributed by atoms with Crippen molar-refractivity contribution in [1.29, 1.82) is 0 Å². The van der Waals surface area contributed by atoms with E-state index in [9.17, 15) is 9.59 Å². The summed E-state index contributed by atoms with van der Waals surface area (Å²) in [4.78, 5) is 23.3. The molecule has 0 spiro atoms. The van der Waals surface area contributed by atoms with Crippen LogP contribution in [0.25, 0.3) is 0 Å². The van der Waals surface area contributed by atoms with Gasteiger partial charge in [-0.1, -0.05) is 27.7 Å². The molecule has 0 aromatic heterocycles. The van der Waals surface area contributed by atoms with Gasteiger partial charge in [0, 0.05) is 20.3 Å². The summed E-state index contributed by atoms with van der Waals surface area (Å²) >= 11 is 0. The van der Waals surface area contributed by atoms with Crippen LogP contribution in [0.5, 0.6) is 0 Å². The Hall–Kier alpha value is -1.14. The number of rotatable bonds is 9. The molecule has 0 aromatic rings. The molecular formula is C14H29N3O3. The van der Waals surface area contributed by atoms with Crippen LogP contribution >= 0.6 is 0 Å². The van der Waals surface area contributed by atoms with Crippen molar-refractivity contribution in [3.8, 4) is 0 Å². The maximum atomic E-state index is 11.7. The lowest BCUT2D eigenvalue weighted by molar-refractivity contribution is -0.127. The van der Waals surface area contributed by atoms with Crippen LogP contribution in [0.15, 0.2) is 0 Å². The summed E-state index contributed by atoms with van der Waals surface area (Å²) in [5, 5.41) is 5.35. The Balaban J connectivity index is 3.98. The van der Waals surface area contributed by atoms with E-state index in [1.54, 1.807) is 7.11 Å². The first kappa shape index (κ1) is 18.9. The predicted molar refractivity (Wildman–Crippen MR) is 79.1 cm³/mol. The first-order valence-corrected chi connectivity index (χ1v) is 6.98. The van der Waals surface area contributed by atoms with Gasteiger partial charge in [0.05, 0.1) is 12.6 Å². The molecule has 0 unspecified atom stereocenters. The standard InChI is InChI=1S/C14H29N3O3/c1-10(2)12(15)13(19)16-8-11(18)17-9-14(3,4)6-7-20-5/h10,12H,6-9,15H2,1-5H3,(H,16,19)(H,17,18)/t12-/m0/s1. The largest absolute Gasteiger partial charge is 0.385 e. The second-order valence-electron chi connectivity index (χ2n) is 6.17. The molecule has 0 radical (unpaired) electrons. The molecule has 0 bridgehead atoms. The van der Waals surface area contributed by atoms with Crippen LogP contribution in [-0.2, 0) is 14.3 Å². The number of hydrogen-bond acceptors (Lipinski definition) is 4. The van der Waals surface area contributed by atoms with Gasteiger partial charge in [-0.3, -0.25) is 9.59 Å². The van der Waals surface area contributed by atoms with Gasteiger partial charge >= 0.3 is 0 Å². The number of methoxy groups -OCH3 is 1. The van der Waals surface area contributed by atoms with Crippen LogP contribution in [0, 0.1) is 11.3 Å². The van der Waals surface area contributed by atoms with Crippen LogP contribution in [-0.4, -0.2) is 44.7 Å². The fourth-order valence-electron chi connectivity index (χ4n) is 1.46. The summed E-state index contributed by atoms with van der Waals surface area (Å²) < 4.78 is 5.03. The van der Waals surface area contributed by atoms with Crippen molar-refractivity contribution in [2.75, 3.05) is 26.8 Å². The van der Waals surface area contributed by atoms with E-state index in [0.717, 1.165) is 6.42 Å². The summed E-state index contributed by atoms with van der Waals surface area (Å²) in [6, 6.07) is -0.582. The highest BCUT2D eigenvalue weighted by Gasteiger charge is 2.20. The lowest BCUT2D eigenvalue weighted by Gasteiger charge is -2.24. The minimum absolute atomic E-state index is 0.0377. The van der Waals surface area contributed by atoms with Gasteiger partial charge in [0.15, 0.2) is 0 Å². The van der Waals surface area contributed by atoms with Crippen molar-refractivity contribution < 1.29 is 14.3 Å². The molecule has 0 heterocycles. The van der Waals surface area contributed by atoms with Crippen LogP contribution in [0.2, 0.25) is 0 Å². The number of nitrogens with two attached hydrogens (primary N) is 1. The van der Waals surface area contributed by atoms with E-state index in [4.69, 9.17) is 10.5 Å². The smallest absolute Gasteiger partial charge is 0.239 e. The second-order valence-corrected chi connectivity index (χ2v) is 6.17. The molecule has 0 fully saturated rings. The van der Waals surface area contributed by atoms with Gasteiger partial charge < -0.3 is 21.1 Å². The number of hydrogen-bond donors (Lipinski definition) is 3. The van der Waals surface area contributed by atoms with Gasteiger partial charge in [-0.15, -0.1) is 0 Å². The first-order chi connectivity index (χ1) is 9.19. The Bertz CT molecular complexity index is 317. The average molecular weight is 287 g/mol. The average Bonchev–Trinajstić information content (AvgIpc) is 2.39. The van der Waals surface area contributed by atoms with Crippen LogP contribution in [0.1, 0.15) is 34.1 Å². The molecule has 0 rings (SSSR count). The minimum atomic E-state index is -0.582. The summed E-state index contributed by atoms with van der Waals surface area (Å²) in [7, 11) is 1.65. The molecule has 0 aliphatic heterocycles. The molecule has 6 heteroatoms. The summed E-state index contributed by atoms with van der Waals surface area (Å²) in [5.74, 6) is -0.459. The van der Waals surface area contributed by atoms with E-state index >= 15 is 0 Å². The van der Waals surface area contributed by atoms with E-state index < -0.39 is 6.04 Å². The van der Waals surface area contributed by atoms with Crippen molar-refractivity contribution in [3.05, 3.63) is 0 Å². The number of amides is 2. The quantitative estimate of drug-likeness (QED) is 0.567. The Labute approximate surface area is 121 Å². The van der Waals surface area contributed by atoms with Gasteiger partial charge in [0.2, 0.25) is 11.8 Å². The Morgan fingerprint density at radius 3 is 2.35 bits per heavy atom. The molecule has 2 amide bonds. The van der Waals surface area contributed by atoms with Gasteiger partial charge in [-0.05, 0) is 17.8 Å². The third-order valence-electron chi connectivity index (χ3n) is 3.19. The zero-order valence-corrected chi connectivity index (χ0v) is 13.3. The normalized spacial score (nSPS) is 13.2. The van der Waals surface area contributed by atoms with Gasteiger partial charge in [-0.25, -0.2) is 0 Å². The highest BCUT2D eigenvalue weighted by molar-refractivity contribution is 5.87. The zero-order chi connectivity index (χ0) is 15.8. The molecule has 6 nitrogen and oxygen atoms in total. The minimum Gasteiger partial charge on any atom is -0.385 e. The van der Waals surface area contributed by atoms with Crippen LogP contribution < -0.4 is 16.4 Å². The topological polar surface area (TPSA) is 93.5 Å². The summed E-state index contributed by atoms with van der Waals surface area (Å²) in [6.45, 7) is 8.99. The lowest BCUT2D eigenvalue weighted by Crippen LogP contribution is -2.48. The van der Waals surface area contributed by atoms with E-state index in [1.807, 2.05) is 13.8 Å². The number of carbonyl (C=O) groups excluding carboxylic acids is 2. The van der Waals surface area contributed by atoms with Crippen molar-refractivity contribution in [3.63, 3.8) is 0 Å².